The van der Waals surface area contributed by atoms with Crippen LogP contribution in [0.1, 0.15) is 12.5 Å². The number of nitrogens with one attached hydrogen (secondary N) is 1. The van der Waals surface area contributed by atoms with Crippen LogP contribution in [-0.2, 0) is 4.79 Å². The second-order valence-electron chi connectivity index (χ2n) is 7.29. The summed E-state index contributed by atoms with van der Waals surface area (Å²) in [5, 5.41) is 6.19. The lowest BCUT2D eigenvalue weighted by Gasteiger charge is -2.13. The molecule has 4 aromatic carbocycles. The first-order valence-corrected chi connectivity index (χ1v) is 10.4. The van der Waals surface area contributed by atoms with E-state index in [1.807, 2.05) is 78.9 Å². The van der Waals surface area contributed by atoms with Crippen molar-refractivity contribution in [3.63, 3.8) is 0 Å². The van der Waals surface area contributed by atoms with E-state index in [0.29, 0.717) is 11.5 Å². The van der Waals surface area contributed by atoms with E-state index in [9.17, 15) is 4.79 Å². The number of hydrazone groups is 1. The molecule has 0 aliphatic rings. The van der Waals surface area contributed by atoms with Gasteiger partial charge in [-0.05, 0) is 47.0 Å². The van der Waals surface area contributed by atoms with E-state index in [1.165, 1.54) is 0 Å². The van der Waals surface area contributed by atoms with Crippen LogP contribution in [0.3, 0.4) is 0 Å². The van der Waals surface area contributed by atoms with Gasteiger partial charge in [0.2, 0.25) is 0 Å². The van der Waals surface area contributed by atoms with Crippen LogP contribution in [0.25, 0.3) is 21.9 Å². The SMILES string of the molecule is COc1ccc2ccccc2c1/C=N\NC(=O)[C@@H](C)Oc1ccc(-c2ccccc2)cc1. The first-order chi connectivity index (χ1) is 15.7. The minimum absolute atomic E-state index is 0.340. The minimum atomic E-state index is -0.705. The zero-order valence-electron chi connectivity index (χ0n) is 18.0. The molecule has 0 spiro atoms. The Morgan fingerprint density at radius 3 is 2.31 bits per heavy atom. The fourth-order valence-electron chi connectivity index (χ4n) is 3.45. The average Bonchev–Trinajstić information content (AvgIpc) is 2.85. The molecule has 32 heavy (non-hydrogen) atoms. The predicted molar refractivity (Wildman–Crippen MR) is 128 cm³/mol. The van der Waals surface area contributed by atoms with Crippen LogP contribution >= 0.6 is 0 Å². The van der Waals surface area contributed by atoms with Gasteiger partial charge < -0.3 is 9.47 Å². The maximum absolute atomic E-state index is 12.5. The summed E-state index contributed by atoms with van der Waals surface area (Å²) < 4.78 is 11.2. The van der Waals surface area contributed by atoms with Crippen molar-refractivity contribution in [2.75, 3.05) is 7.11 Å². The lowest BCUT2D eigenvalue weighted by Crippen LogP contribution is -2.33. The highest BCUT2D eigenvalue weighted by Crippen LogP contribution is 2.26. The average molecular weight is 425 g/mol. The molecule has 0 saturated heterocycles. The summed E-state index contributed by atoms with van der Waals surface area (Å²) in [6.07, 6.45) is 0.893. The van der Waals surface area contributed by atoms with Crippen LogP contribution < -0.4 is 14.9 Å². The van der Waals surface area contributed by atoms with Crippen molar-refractivity contribution in [1.29, 1.82) is 0 Å². The van der Waals surface area contributed by atoms with Crippen molar-refractivity contribution < 1.29 is 14.3 Å². The molecule has 4 rings (SSSR count). The molecule has 0 bridgehead atoms. The van der Waals surface area contributed by atoms with Gasteiger partial charge in [-0.1, -0.05) is 72.8 Å². The van der Waals surface area contributed by atoms with Crippen LogP contribution in [0, 0.1) is 0 Å². The Balaban J connectivity index is 1.40. The van der Waals surface area contributed by atoms with Crippen molar-refractivity contribution >= 4 is 22.9 Å². The highest BCUT2D eigenvalue weighted by atomic mass is 16.5. The summed E-state index contributed by atoms with van der Waals surface area (Å²) in [7, 11) is 1.61. The number of nitrogens with zero attached hydrogens (tertiary/aromatic N) is 1. The third kappa shape index (κ3) is 4.78. The summed E-state index contributed by atoms with van der Waals surface area (Å²) in [5.74, 6) is 0.962. The molecular weight excluding hydrogens is 400 g/mol. The summed E-state index contributed by atoms with van der Waals surface area (Å²) >= 11 is 0. The number of hydrogen-bond donors (Lipinski definition) is 1. The number of carbonyl (C=O) groups excluding carboxylic acids is 1. The van der Waals surface area contributed by atoms with E-state index >= 15 is 0 Å². The Hall–Kier alpha value is -4.12. The smallest absolute Gasteiger partial charge is 0.280 e. The molecule has 0 fully saturated rings. The van der Waals surface area contributed by atoms with E-state index < -0.39 is 6.10 Å². The van der Waals surface area contributed by atoms with E-state index in [1.54, 1.807) is 20.2 Å². The molecule has 0 heterocycles. The van der Waals surface area contributed by atoms with Gasteiger partial charge in [0.1, 0.15) is 11.5 Å². The standard InChI is InChI=1S/C27H24N2O3/c1-19(32-23-15-12-21(13-16-23)20-8-4-3-5-9-20)27(30)29-28-18-25-24-11-7-6-10-22(24)14-17-26(25)31-2/h3-19H,1-2H3,(H,29,30)/b28-18-/t19-/m1/s1. The quantitative estimate of drug-likeness (QED) is 0.318. The molecule has 4 aromatic rings. The van der Waals surface area contributed by atoms with Crippen molar-refractivity contribution in [2.24, 2.45) is 5.10 Å². The van der Waals surface area contributed by atoms with Gasteiger partial charge in [-0.3, -0.25) is 4.79 Å². The first-order valence-electron chi connectivity index (χ1n) is 10.4. The minimum Gasteiger partial charge on any atom is -0.496 e. The van der Waals surface area contributed by atoms with Gasteiger partial charge in [-0.2, -0.15) is 5.10 Å². The van der Waals surface area contributed by atoms with Crippen LogP contribution in [0.15, 0.2) is 96.1 Å². The molecular formula is C27H24N2O3. The first kappa shape index (κ1) is 21.1. The van der Waals surface area contributed by atoms with Gasteiger partial charge in [-0.15, -0.1) is 0 Å². The van der Waals surface area contributed by atoms with E-state index in [4.69, 9.17) is 9.47 Å². The maximum Gasteiger partial charge on any atom is 0.280 e. The Morgan fingerprint density at radius 1 is 0.875 bits per heavy atom. The molecule has 0 unspecified atom stereocenters. The Bertz CT molecular complexity index is 1230. The second kappa shape index (κ2) is 9.79. The third-order valence-corrected chi connectivity index (χ3v) is 5.16. The van der Waals surface area contributed by atoms with Crippen molar-refractivity contribution in [2.45, 2.75) is 13.0 Å². The van der Waals surface area contributed by atoms with Crippen LogP contribution in [-0.4, -0.2) is 25.3 Å². The van der Waals surface area contributed by atoms with Crippen molar-refractivity contribution in [3.8, 4) is 22.6 Å². The monoisotopic (exact) mass is 424 g/mol. The van der Waals surface area contributed by atoms with Crippen LogP contribution in [0.5, 0.6) is 11.5 Å². The van der Waals surface area contributed by atoms with Crippen LogP contribution in [0.4, 0.5) is 0 Å². The number of hydrogen-bond acceptors (Lipinski definition) is 4. The molecule has 1 N–H and O–H groups in total. The summed E-state index contributed by atoms with van der Waals surface area (Å²) in [5.41, 5.74) is 5.57. The Kier molecular flexibility index (Phi) is 6.46. The summed E-state index contributed by atoms with van der Waals surface area (Å²) in [6, 6.07) is 29.6. The lowest BCUT2D eigenvalue weighted by molar-refractivity contribution is -0.127. The van der Waals surface area contributed by atoms with Gasteiger partial charge in [0.15, 0.2) is 6.10 Å². The fraction of sp³-hybridized carbons (Fsp3) is 0.111. The van der Waals surface area contributed by atoms with Gasteiger partial charge in [0.25, 0.3) is 5.91 Å². The number of ether oxygens (including phenoxy) is 2. The number of rotatable bonds is 7. The van der Waals surface area contributed by atoms with E-state index in [-0.39, 0.29) is 5.91 Å². The molecule has 1 amide bonds. The second-order valence-corrected chi connectivity index (χ2v) is 7.29. The van der Waals surface area contributed by atoms with Gasteiger partial charge in [0, 0.05) is 5.56 Å². The van der Waals surface area contributed by atoms with E-state index in [2.05, 4.69) is 22.7 Å². The van der Waals surface area contributed by atoms with Crippen LogP contribution in [0.2, 0.25) is 0 Å². The van der Waals surface area contributed by atoms with Gasteiger partial charge in [-0.25, -0.2) is 5.43 Å². The fourth-order valence-corrected chi connectivity index (χ4v) is 3.45. The third-order valence-electron chi connectivity index (χ3n) is 5.16. The summed E-state index contributed by atoms with van der Waals surface area (Å²) in [6.45, 7) is 1.69. The predicted octanol–water partition coefficient (Wildman–Crippen LogP) is 5.43. The largest absolute Gasteiger partial charge is 0.496 e. The molecule has 5 nitrogen and oxygen atoms in total. The molecule has 0 radical (unpaired) electrons. The number of benzene rings is 4. The lowest BCUT2D eigenvalue weighted by atomic mass is 10.0. The van der Waals surface area contributed by atoms with Crippen molar-refractivity contribution in [3.05, 3.63) is 96.6 Å². The topological polar surface area (TPSA) is 59.9 Å². The zero-order valence-corrected chi connectivity index (χ0v) is 18.0. The number of methoxy groups -OCH3 is 1. The number of fused-ring (bicyclic) bond motifs is 1. The molecule has 0 aromatic heterocycles. The highest BCUT2D eigenvalue weighted by molar-refractivity contribution is 6.02. The number of carbonyl (C=O) groups is 1. The Labute approximate surface area is 187 Å². The van der Waals surface area contributed by atoms with Crippen molar-refractivity contribution in [1.82, 2.24) is 5.43 Å². The molecule has 0 aliphatic carbocycles. The van der Waals surface area contributed by atoms with E-state index in [0.717, 1.165) is 27.5 Å². The zero-order chi connectivity index (χ0) is 22.3. The summed E-state index contributed by atoms with van der Waals surface area (Å²) in [4.78, 5) is 12.5. The Morgan fingerprint density at radius 2 is 1.56 bits per heavy atom. The van der Waals surface area contributed by atoms with Gasteiger partial charge in [0.05, 0.1) is 13.3 Å². The van der Waals surface area contributed by atoms with Gasteiger partial charge >= 0.3 is 0 Å². The molecule has 160 valence electrons. The number of amides is 1. The molecule has 1 atom stereocenters. The maximum atomic E-state index is 12.5. The molecule has 0 aliphatic heterocycles. The molecule has 0 saturated carbocycles. The normalized spacial score (nSPS) is 11.9. The highest BCUT2D eigenvalue weighted by Gasteiger charge is 2.14. The molecule has 5 heteroatoms.